The normalized spacial score (nSPS) is 11.3. The second kappa shape index (κ2) is 6.05. The second-order valence-corrected chi connectivity index (χ2v) is 6.83. The highest BCUT2D eigenvalue weighted by Crippen LogP contribution is 2.39. The first-order valence-electron chi connectivity index (χ1n) is 8.67. The highest BCUT2D eigenvalue weighted by Gasteiger charge is 2.14. The van der Waals surface area contributed by atoms with Crippen molar-refractivity contribution in [2.45, 2.75) is 0 Å². The number of benzene rings is 4. The minimum Gasteiger partial charge on any atom is -0.354 e. The Balaban J connectivity index is 1.84. The molecule has 0 unspecified atom stereocenters. The van der Waals surface area contributed by atoms with Crippen molar-refractivity contribution < 1.29 is 0 Å². The standard InChI is InChI=1S/C24H16ClN/c25-22-14-5-3-10-18(22)16-8-1-2-9-17(16)20-12-7-13-21-19-11-4-6-15-23(19)26-24(20)21/h1-15,26H. The maximum Gasteiger partial charge on any atom is 0.0544 e. The predicted octanol–water partition coefficient (Wildman–Crippen LogP) is 7.31. The van der Waals surface area contributed by atoms with E-state index in [-0.39, 0.29) is 0 Å². The first kappa shape index (κ1) is 15.2. The van der Waals surface area contributed by atoms with Gasteiger partial charge in [0.15, 0.2) is 0 Å². The Labute approximate surface area is 156 Å². The molecule has 1 aromatic heterocycles. The lowest BCUT2D eigenvalue weighted by atomic mass is 9.93. The number of nitrogens with one attached hydrogen (secondary N) is 1. The number of aromatic nitrogens is 1. The van der Waals surface area contributed by atoms with Crippen LogP contribution in [0.3, 0.4) is 0 Å². The van der Waals surface area contributed by atoms with E-state index in [4.69, 9.17) is 11.6 Å². The first-order valence-corrected chi connectivity index (χ1v) is 9.04. The van der Waals surface area contributed by atoms with Gasteiger partial charge in [-0.25, -0.2) is 0 Å². The molecule has 0 saturated carbocycles. The van der Waals surface area contributed by atoms with Crippen LogP contribution in [0.4, 0.5) is 0 Å². The molecule has 0 saturated heterocycles. The maximum absolute atomic E-state index is 6.49. The summed E-state index contributed by atoms with van der Waals surface area (Å²) in [4.78, 5) is 3.61. The number of halogens is 1. The number of fused-ring (bicyclic) bond motifs is 3. The molecular formula is C24H16ClN. The molecule has 2 heteroatoms. The summed E-state index contributed by atoms with van der Waals surface area (Å²) in [6.45, 7) is 0. The Hall–Kier alpha value is -3.03. The van der Waals surface area contributed by atoms with Gasteiger partial charge in [0, 0.05) is 32.4 Å². The molecule has 1 N–H and O–H groups in total. The molecule has 0 amide bonds. The molecule has 0 aliphatic heterocycles. The number of rotatable bonds is 2. The van der Waals surface area contributed by atoms with Crippen LogP contribution in [0.25, 0.3) is 44.1 Å². The molecule has 0 fully saturated rings. The average Bonchev–Trinajstić information content (AvgIpc) is 3.07. The van der Waals surface area contributed by atoms with Crippen LogP contribution in [-0.2, 0) is 0 Å². The molecular weight excluding hydrogens is 338 g/mol. The van der Waals surface area contributed by atoms with Crippen molar-refractivity contribution >= 4 is 33.4 Å². The molecule has 4 aromatic carbocycles. The number of H-pyrrole nitrogens is 1. The quantitative estimate of drug-likeness (QED) is 0.342. The summed E-state index contributed by atoms with van der Waals surface area (Å²) in [7, 11) is 0. The van der Waals surface area contributed by atoms with E-state index in [9.17, 15) is 0 Å². The van der Waals surface area contributed by atoms with Gasteiger partial charge in [-0.1, -0.05) is 90.5 Å². The average molecular weight is 354 g/mol. The van der Waals surface area contributed by atoms with Crippen LogP contribution in [0, 0.1) is 0 Å². The van der Waals surface area contributed by atoms with E-state index < -0.39 is 0 Å². The van der Waals surface area contributed by atoms with E-state index >= 15 is 0 Å². The Bertz CT molecular complexity index is 1250. The number of aromatic amines is 1. The molecule has 26 heavy (non-hydrogen) atoms. The van der Waals surface area contributed by atoms with E-state index in [1.807, 2.05) is 18.2 Å². The van der Waals surface area contributed by atoms with Crippen LogP contribution < -0.4 is 0 Å². The van der Waals surface area contributed by atoms with Crippen LogP contribution in [0.1, 0.15) is 0 Å². The van der Waals surface area contributed by atoms with Gasteiger partial charge in [0.1, 0.15) is 0 Å². The fourth-order valence-corrected chi connectivity index (χ4v) is 3.97. The second-order valence-electron chi connectivity index (χ2n) is 6.42. The number of hydrogen-bond acceptors (Lipinski definition) is 0. The predicted molar refractivity (Wildman–Crippen MR) is 112 cm³/mol. The van der Waals surface area contributed by atoms with Gasteiger partial charge in [0.2, 0.25) is 0 Å². The van der Waals surface area contributed by atoms with Gasteiger partial charge < -0.3 is 4.98 Å². The van der Waals surface area contributed by atoms with Gasteiger partial charge in [0.25, 0.3) is 0 Å². The maximum atomic E-state index is 6.49. The molecule has 0 aliphatic carbocycles. The SMILES string of the molecule is Clc1ccccc1-c1ccccc1-c1cccc2c1[nH]c1ccccc12. The highest BCUT2D eigenvalue weighted by atomic mass is 35.5. The smallest absolute Gasteiger partial charge is 0.0544 e. The van der Waals surface area contributed by atoms with E-state index in [2.05, 4.69) is 77.8 Å². The Morgan fingerprint density at radius 1 is 0.500 bits per heavy atom. The van der Waals surface area contributed by atoms with Gasteiger partial charge in [-0.3, -0.25) is 0 Å². The lowest BCUT2D eigenvalue weighted by Crippen LogP contribution is -1.87. The van der Waals surface area contributed by atoms with Crippen molar-refractivity contribution in [2.24, 2.45) is 0 Å². The third-order valence-electron chi connectivity index (χ3n) is 4.92. The topological polar surface area (TPSA) is 15.8 Å². The van der Waals surface area contributed by atoms with Gasteiger partial charge in [-0.15, -0.1) is 0 Å². The lowest BCUT2D eigenvalue weighted by molar-refractivity contribution is 1.53. The minimum atomic E-state index is 0.767. The largest absolute Gasteiger partial charge is 0.354 e. The van der Waals surface area contributed by atoms with Crippen molar-refractivity contribution in [3.05, 3.63) is 96.0 Å². The van der Waals surface area contributed by atoms with Crippen molar-refractivity contribution in [1.29, 1.82) is 0 Å². The van der Waals surface area contributed by atoms with Gasteiger partial charge >= 0.3 is 0 Å². The Kier molecular flexibility index (Phi) is 3.55. The molecule has 1 nitrogen and oxygen atoms in total. The van der Waals surface area contributed by atoms with E-state index in [1.165, 1.54) is 21.9 Å². The Morgan fingerprint density at radius 2 is 1.08 bits per heavy atom. The molecule has 1 heterocycles. The first-order chi connectivity index (χ1) is 12.8. The third-order valence-corrected chi connectivity index (χ3v) is 5.25. The third kappa shape index (κ3) is 2.33. The lowest BCUT2D eigenvalue weighted by Gasteiger charge is -2.12. The van der Waals surface area contributed by atoms with Crippen LogP contribution in [0.2, 0.25) is 5.02 Å². The van der Waals surface area contributed by atoms with Gasteiger partial charge in [0.05, 0.1) is 5.52 Å². The number of hydrogen-bond donors (Lipinski definition) is 1. The zero-order chi connectivity index (χ0) is 17.5. The monoisotopic (exact) mass is 353 g/mol. The summed E-state index contributed by atoms with van der Waals surface area (Å²) in [5.74, 6) is 0. The summed E-state index contributed by atoms with van der Waals surface area (Å²) >= 11 is 6.49. The van der Waals surface area contributed by atoms with Crippen molar-refractivity contribution in [1.82, 2.24) is 4.98 Å². The minimum absolute atomic E-state index is 0.767. The van der Waals surface area contributed by atoms with Crippen molar-refractivity contribution in [3.63, 3.8) is 0 Å². The molecule has 0 atom stereocenters. The van der Waals surface area contributed by atoms with Crippen LogP contribution in [0.15, 0.2) is 91.0 Å². The molecule has 5 aromatic rings. The van der Waals surface area contributed by atoms with Gasteiger partial charge in [-0.2, -0.15) is 0 Å². The zero-order valence-electron chi connectivity index (χ0n) is 14.0. The van der Waals surface area contributed by atoms with Crippen LogP contribution >= 0.6 is 11.6 Å². The molecule has 124 valence electrons. The van der Waals surface area contributed by atoms with E-state index in [1.54, 1.807) is 0 Å². The van der Waals surface area contributed by atoms with Crippen LogP contribution in [-0.4, -0.2) is 4.98 Å². The fourth-order valence-electron chi connectivity index (χ4n) is 3.73. The van der Waals surface area contributed by atoms with Crippen LogP contribution in [0.5, 0.6) is 0 Å². The fraction of sp³-hybridized carbons (Fsp3) is 0. The number of para-hydroxylation sites is 2. The zero-order valence-corrected chi connectivity index (χ0v) is 14.8. The van der Waals surface area contributed by atoms with Gasteiger partial charge in [-0.05, 0) is 23.3 Å². The molecule has 5 rings (SSSR count). The highest BCUT2D eigenvalue weighted by molar-refractivity contribution is 6.33. The summed E-state index contributed by atoms with van der Waals surface area (Å²) in [6, 6.07) is 31.4. The molecule has 0 bridgehead atoms. The summed E-state index contributed by atoms with van der Waals surface area (Å²) in [6.07, 6.45) is 0. The van der Waals surface area contributed by atoms with Crippen molar-refractivity contribution in [3.8, 4) is 22.3 Å². The van der Waals surface area contributed by atoms with E-state index in [0.717, 1.165) is 27.2 Å². The molecule has 0 radical (unpaired) electrons. The Morgan fingerprint density at radius 3 is 1.88 bits per heavy atom. The molecule has 0 spiro atoms. The van der Waals surface area contributed by atoms with Crippen molar-refractivity contribution in [2.75, 3.05) is 0 Å². The van der Waals surface area contributed by atoms with E-state index in [0.29, 0.717) is 0 Å². The summed E-state index contributed by atoms with van der Waals surface area (Å²) < 4.78 is 0. The molecule has 0 aliphatic rings. The summed E-state index contributed by atoms with van der Waals surface area (Å²) in [5, 5.41) is 3.26. The summed E-state index contributed by atoms with van der Waals surface area (Å²) in [5.41, 5.74) is 6.88.